The first-order chi connectivity index (χ1) is 9.04. The Bertz CT molecular complexity index is 546. The lowest BCUT2D eigenvalue weighted by atomic mass is 10.1. The third-order valence-electron chi connectivity index (χ3n) is 3.38. The molecule has 0 radical (unpaired) electrons. The van der Waals surface area contributed by atoms with Crippen LogP contribution in [-0.2, 0) is 6.42 Å². The van der Waals surface area contributed by atoms with Crippen LogP contribution in [0.2, 0.25) is 5.02 Å². The maximum atomic E-state index is 5.89. The van der Waals surface area contributed by atoms with E-state index in [1.54, 1.807) is 0 Å². The molecule has 1 nitrogen and oxygen atoms in total. The molecule has 0 aromatic heterocycles. The maximum Gasteiger partial charge on any atom is 0.0406 e. The molecule has 0 saturated carbocycles. The molecule has 2 aromatic rings. The van der Waals surface area contributed by atoms with Crippen LogP contribution in [0.1, 0.15) is 23.6 Å². The Balaban J connectivity index is 1.98. The smallest absolute Gasteiger partial charge is 0.0406 e. The van der Waals surface area contributed by atoms with Gasteiger partial charge in [0.15, 0.2) is 0 Å². The van der Waals surface area contributed by atoms with Crippen LogP contribution in [-0.4, -0.2) is 6.04 Å². The minimum absolute atomic E-state index is 0.392. The average Bonchev–Trinajstić information content (AvgIpc) is 2.37. The molecule has 0 fully saturated rings. The number of anilines is 1. The van der Waals surface area contributed by atoms with Crippen molar-refractivity contribution < 1.29 is 0 Å². The third kappa shape index (κ3) is 4.00. The van der Waals surface area contributed by atoms with Crippen LogP contribution in [0.4, 0.5) is 5.69 Å². The Labute approximate surface area is 120 Å². The normalized spacial score (nSPS) is 12.2. The van der Waals surface area contributed by atoms with Gasteiger partial charge in [0.2, 0.25) is 0 Å². The summed E-state index contributed by atoms with van der Waals surface area (Å²) in [7, 11) is 0. The zero-order valence-corrected chi connectivity index (χ0v) is 12.5. The van der Waals surface area contributed by atoms with E-state index in [0.29, 0.717) is 6.04 Å². The minimum atomic E-state index is 0.392. The molecule has 1 N–H and O–H groups in total. The summed E-state index contributed by atoms with van der Waals surface area (Å²) >= 11 is 5.89. The van der Waals surface area contributed by atoms with Gasteiger partial charge in [-0.25, -0.2) is 0 Å². The second kappa shape index (κ2) is 6.12. The molecular weight excluding hydrogens is 254 g/mol. The van der Waals surface area contributed by atoms with Crippen molar-refractivity contribution in [2.45, 2.75) is 33.2 Å². The molecule has 0 aliphatic rings. The fourth-order valence-corrected chi connectivity index (χ4v) is 2.27. The van der Waals surface area contributed by atoms with Gasteiger partial charge in [0, 0.05) is 16.8 Å². The van der Waals surface area contributed by atoms with Gasteiger partial charge in [0.25, 0.3) is 0 Å². The lowest BCUT2D eigenvalue weighted by molar-refractivity contribution is 0.790. The predicted octanol–water partition coefficient (Wildman–Crippen LogP) is 5.00. The van der Waals surface area contributed by atoms with Crippen LogP contribution in [0.15, 0.2) is 42.5 Å². The van der Waals surface area contributed by atoms with Gasteiger partial charge in [-0.1, -0.05) is 29.8 Å². The standard InChI is InChI=1S/C17H20ClN/c1-12-4-9-17(10-13(12)2)19-14(3)11-15-5-7-16(18)8-6-15/h4-10,14,19H,11H2,1-3H3. The zero-order valence-electron chi connectivity index (χ0n) is 11.7. The van der Waals surface area contributed by atoms with Gasteiger partial charge in [-0.2, -0.15) is 0 Å². The Morgan fingerprint density at radius 1 is 1.00 bits per heavy atom. The minimum Gasteiger partial charge on any atom is -0.382 e. The molecule has 1 atom stereocenters. The number of hydrogen-bond acceptors (Lipinski definition) is 1. The third-order valence-corrected chi connectivity index (χ3v) is 3.63. The lowest BCUT2D eigenvalue weighted by Gasteiger charge is -2.16. The van der Waals surface area contributed by atoms with Gasteiger partial charge in [-0.15, -0.1) is 0 Å². The first-order valence-electron chi connectivity index (χ1n) is 6.63. The highest BCUT2D eigenvalue weighted by atomic mass is 35.5. The zero-order chi connectivity index (χ0) is 13.8. The van der Waals surface area contributed by atoms with Gasteiger partial charge in [-0.05, 0) is 68.1 Å². The van der Waals surface area contributed by atoms with Gasteiger partial charge < -0.3 is 5.32 Å². The molecule has 2 heteroatoms. The van der Waals surface area contributed by atoms with E-state index in [-0.39, 0.29) is 0 Å². The van der Waals surface area contributed by atoms with Crippen molar-refractivity contribution in [2.75, 3.05) is 5.32 Å². The Morgan fingerprint density at radius 2 is 1.68 bits per heavy atom. The van der Waals surface area contributed by atoms with Crippen LogP contribution in [0.3, 0.4) is 0 Å². The molecule has 0 spiro atoms. The predicted molar refractivity (Wildman–Crippen MR) is 84.2 cm³/mol. The Morgan fingerprint density at radius 3 is 2.32 bits per heavy atom. The van der Waals surface area contributed by atoms with Gasteiger partial charge in [-0.3, -0.25) is 0 Å². The summed E-state index contributed by atoms with van der Waals surface area (Å²) in [6, 6.07) is 14.9. The molecule has 2 rings (SSSR count). The molecule has 0 saturated heterocycles. The molecule has 0 bridgehead atoms. The molecule has 0 aliphatic carbocycles. The molecule has 19 heavy (non-hydrogen) atoms. The van der Waals surface area contributed by atoms with Crippen molar-refractivity contribution in [3.05, 3.63) is 64.2 Å². The highest BCUT2D eigenvalue weighted by Gasteiger charge is 2.04. The van der Waals surface area contributed by atoms with Crippen molar-refractivity contribution in [3.8, 4) is 0 Å². The van der Waals surface area contributed by atoms with E-state index in [2.05, 4.69) is 56.4 Å². The molecule has 100 valence electrons. The summed E-state index contributed by atoms with van der Waals surface area (Å²) in [4.78, 5) is 0. The van der Waals surface area contributed by atoms with E-state index in [1.165, 1.54) is 22.4 Å². The van der Waals surface area contributed by atoms with E-state index >= 15 is 0 Å². The number of rotatable bonds is 4. The quantitative estimate of drug-likeness (QED) is 0.827. The second-order valence-electron chi connectivity index (χ2n) is 5.18. The van der Waals surface area contributed by atoms with E-state index in [4.69, 9.17) is 11.6 Å². The lowest BCUT2D eigenvalue weighted by Crippen LogP contribution is -2.18. The fraction of sp³-hybridized carbons (Fsp3) is 0.294. The van der Waals surface area contributed by atoms with Gasteiger partial charge >= 0.3 is 0 Å². The van der Waals surface area contributed by atoms with E-state index in [9.17, 15) is 0 Å². The first-order valence-corrected chi connectivity index (χ1v) is 7.00. The molecule has 1 unspecified atom stereocenters. The maximum absolute atomic E-state index is 5.89. The number of nitrogens with one attached hydrogen (secondary N) is 1. The molecule has 0 aliphatic heterocycles. The van der Waals surface area contributed by atoms with Crippen LogP contribution in [0, 0.1) is 13.8 Å². The average molecular weight is 274 g/mol. The number of hydrogen-bond donors (Lipinski definition) is 1. The van der Waals surface area contributed by atoms with E-state index < -0.39 is 0 Å². The van der Waals surface area contributed by atoms with Gasteiger partial charge in [0.1, 0.15) is 0 Å². The number of aryl methyl sites for hydroxylation is 2. The highest BCUT2D eigenvalue weighted by molar-refractivity contribution is 6.30. The van der Waals surface area contributed by atoms with Crippen molar-refractivity contribution >= 4 is 17.3 Å². The van der Waals surface area contributed by atoms with Crippen molar-refractivity contribution in [2.24, 2.45) is 0 Å². The van der Waals surface area contributed by atoms with Crippen molar-refractivity contribution in [3.63, 3.8) is 0 Å². The molecule has 2 aromatic carbocycles. The summed E-state index contributed by atoms with van der Waals surface area (Å²) in [6.45, 7) is 6.48. The fourth-order valence-electron chi connectivity index (χ4n) is 2.14. The summed E-state index contributed by atoms with van der Waals surface area (Å²) in [6.07, 6.45) is 0.990. The molecule has 0 amide bonds. The number of halogens is 1. The van der Waals surface area contributed by atoms with Crippen LogP contribution in [0.5, 0.6) is 0 Å². The number of benzene rings is 2. The molecule has 0 heterocycles. The van der Waals surface area contributed by atoms with E-state index in [0.717, 1.165) is 11.4 Å². The van der Waals surface area contributed by atoms with Crippen molar-refractivity contribution in [1.82, 2.24) is 0 Å². The van der Waals surface area contributed by atoms with Crippen LogP contribution in [0.25, 0.3) is 0 Å². The van der Waals surface area contributed by atoms with E-state index in [1.807, 2.05) is 12.1 Å². The Kier molecular flexibility index (Phi) is 4.49. The summed E-state index contributed by atoms with van der Waals surface area (Å²) in [5.41, 5.74) is 5.14. The van der Waals surface area contributed by atoms with Gasteiger partial charge in [0.05, 0.1) is 0 Å². The van der Waals surface area contributed by atoms with Crippen molar-refractivity contribution in [1.29, 1.82) is 0 Å². The van der Waals surface area contributed by atoms with Crippen LogP contribution < -0.4 is 5.32 Å². The highest BCUT2D eigenvalue weighted by Crippen LogP contribution is 2.17. The summed E-state index contributed by atoms with van der Waals surface area (Å²) in [5.74, 6) is 0. The first kappa shape index (κ1) is 14.0. The SMILES string of the molecule is Cc1ccc(NC(C)Cc2ccc(Cl)cc2)cc1C. The monoisotopic (exact) mass is 273 g/mol. The van der Waals surface area contributed by atoms with Crippen LogP contribution >= 0.6 is 11.6 Å². The molecular formula is C17H20ClN. The largest absolute Gasteiger partial charge is 0.382 e. The summed E-state index contributed by atoms with van der Waals surface area (Å²) < 4.78 is 0. The topological polar surface area (TPSA) is 12.0 Å². The Hall–Kier alpha value is -1.47. The second-order valence-corrected chi connectivity index (χ2v) is 5.61. The summed E-state index contributed by atoms with van der Waals surface area (Å²) in [5, 5.41) is 4.33.